The number of carbonyl (C=O) groups excluding carboxylic acids is 2. The Morgan fingerprint density at radius 1 is 1.00 bits per heavy atom. The molecule has 0 bridgehead atoms. The predicted molar refractivity (Wildman–Crippen MR) is 139 cm³/mol. The van der Waals surface area contributed by atoms with Crippen molar-refractivity contribution >= 4 is 34.7 Å². The van der Waals surface area contributed by atoms with Crippen molar-refractivity contribution in [1.29, 1.82) is 0 Å². The summed E-state index contributed by atoms with van der Waals surface area (Å²) in [6.07, 6.45) is 0. The Bertz CT molecular complexity index is 1340. The van der Waals surface area contributed by atoms with Crippen LogP contribution >= 0.6 is 11.6 Å². The summed E-state index contributed by atoms with van der Waals surface area (Å²) in [5, 5.41) is 11.9. The number of rotatable bonds is 4. The van der Waals surface area contributed by atoms with Gasteiger partial charge in [-0.1, -0.05) is 68.8 Å². The number of benzene rings is 3. The second-order valence-electron chi connectivity index (χ2n) is 9.70. The highest BCUT2D eigenvalue weighted by atomic mass is 35.5. The predicted octanol–water partition coefficient (Wildman–Crippen LogP) is 6.58. The molecule has 35 heavy (non-hydrogen) atoms. The van der Waals surface area contributed by atoms with Crippen molar-refractivity contribution in [2.45, 2.75) is 39.2 Å². The zero-order valence-corrected chi connectivity index (χ0v) is 21.2. The number of carbonyl (C=O) groups is 2. The van der Waals surface area contributed by atoms with E-state index in [0.717, 1.165) is 16.7 Å². The fourth-order valence-corrected chi connectivity index (χ4v) is 4.60. The largest absolute Gasteiger partial charge is 0.507 e. The lowest BCUT2D eigenvalue weighted by Gasteiger charge is -2.28. The summed E-state index contributed by atoms with van der Waals surface area (Å²) in [7, 11) is 1.53. The third-order valence-corrected chi connectivity index (χ3v) is 6.53. The molecule has 3 aromatic rings. The quantitative estimate of drug-likeness (QED) is 0.255. The van der Waals surface area contributed by atoms with E-state index in [1.54, 1.807) is 42.5 Å². The summed E-state index contributed by atoms with van der Waals surface area (Å²) in [6.45, 7) is 8.19. The van der Waals surface area contributed by atoms with E-state index in [1.165, 1.54) is 12.0 Å². The van der Waals surface area contributed by atoms with Crippen molar-refractivity contribution in [3.63, 3.8) is 0 Å². The number of aliphatic hydroxyl groups is 1. The Balaban J connectivity index is 1.95. The Morgan fingerprint density at radius 2 is 1.69 bits per heavy atom. The van der Waals surface area contributed by atoms with Gasteiger partial charge >= 0.3 is 0 Å². The van der Waals surface area contributed by atoms with Crippen LogP contribution in [0.5, 0.6) is 5.75 Å². The van der Waals surface area contributed by atoms with Gasteiger partial charge in [-0.05, 0) is 59.4 Å². The second-order valence-corrected chi connectivity index (χ2v) is 10.1. The first kappa shape index (κ1) is 24.6. The van der Waals surface area contributed by atoms with Crippen LogP contribution in [-0.2, 0) is 15.0 Å². The standard InChI is InChI=1S/C29H28ClNO4/c1-17-15-21(30)13-14-23(17)31-25(18-9-11-20(12-10-18)29(2,3)4)24(27(33)28(31)34)26(32)19-7-6-8-22(16-19)35-5/h6-16,25,32H,1-5H3/b26-24+. The average molecular weight is 490 g/mol. The summed E-state index contributed by atoms with van der Waals surface area (Å²) >= 11 is 6.16. The zero-order chi connectivity index (χ0) is 25.5. The maximum atomic E-state index is 13.4. The molecule has 1 atom stereocenters. The third-order valence-electron chi connectivity index (χ3n) is 6.30. The molecule has 0 spiro atoms. The molecule has 5 nitrogen and oxygen atoms in total. The van der Waals surface area contributed by atoms with Gasteiger partial charge in [0.1, 0.15) is 11.5 Å². The van der Waals surface area contributed by atoms with Gasteiger partial charge in [0.15, 0.2) is 0 Å². The normalized spacial score (nSPS) is 17.7. The molecule has 1 aliphatic heterocycles. The Kier molecular flexibility index (Phi) is 6.48. The van der Waals surface area contributed by atoms with E-state index in [9.17, 15) is 14.7 Å². The maximum Gasteiger partial charge on any atom is 0.300 e. The number of anilines is 1. The molecule has 1 saturated heterocycles. The number of aliphatic hydroxyl groups excluding tert-OH is 1. The molecule has 1 fully saturated rings. The molecule has 4 rings (SSSR count). The summed E-state index contributed by atoms with van der Waals surface area (Å²) in [5.41, 5.74) is 3.51. The number of ketones is 1. The lowest BCUT2D eigenvalue weighted by molar-refractivity contribution is -0.132. The topological polar surface area (TPSA) is 66.8 Å². The number of halogens is 1. The Labute approximate surface area is 210 Å². The van der Waals surface area contributed by atoms with E-state index >= 15 is 0 Å². The van der Waals surface area contributed by atoms with Gasteiger partial charge in [-0.15, -0.1) is 0 Å². The van der Waals surface area contributed by atoms with Crippen LogP contribution in [0.15, 0.2) is 72.3 Å². The monoisotopic (exact) mass is 489 g/mol. The van der Waals surface area contributed by atoms with Crippen LogP contribution in [0.4, 0.5) is 5.69 Å². The van der Waals surface area contributed by atoms with E-state index in [0.29, 0.717) is 22.0 Å². The number of ether oxygens (including phenoxy) is 1. The van der Waals surface area contributed by atoms with Gasteiger partial charge in [-0.25, -0.2) is 0 Å². The van der Waals surface area contributed by atoms with Gasteiger partial charge in [0.05, 0.1) is 18.7 Å². The van der Waals surface area contributed by atoms with Gasteiger partial charge in [-0.3, -0.25) is 14.5 Å². The first-order valence-corrected chi connectivity index (χ1v) is 11.7. The molecular formula is C29H28ClNO4. The molecule has 0 aromatic heterocycles. The van der Waals surface area contributed by atoms with Gasteiger partial charge < -0.3 is 9.84 Å². The number of aryl methyl sites for hydroxylation is 1. The minimum absolute atomic E-state index is 0.0288. The lowest BCUT2D eigenvalue weighted by atomic mass is 9.85. The van der Waals surface area contributed by atoms with E-state index in [-0.39, 0.29) is 16.7 Å². The van der Waals surface area contributed by atoms with Gasteiger partial charge in [0, 0.05) is 16.3 Å². The van der Waals surface area contributed by atoms with Crippen LogP contribution in [0, 0.1) is 6.92 Å². The van der Waals surface area contributed by atoms with E-state index in [1.807, 2.05) is 31.2 Å². The highest BCUT2D eigenvalue weighted by molar-refractivity contribution is 6.51. The van der Waals surface area contributed by atoms with Crippen LogP contribution < -0.4 is 9.64 Å². The molecule has 3 aromatic carbocycles. The minimum Gasteiger partial charge on any atom is -0.507 e. The first-order chi connectivity index (χ1) is 16.5. The fourth-order valence-electron chi connectivity index (χ4n) is 4.38. The second kappa shape index (κ2) is 9.23. The van der Waals surface area contributed by atoms with Crippen LogP contribution in [0.3, 0.4) is 0 Å². The number of nitrogens with zero attached hydrogens (tertiary/aromatic N) is 1. The average Bonchev–Trinajstić information content (AvgIpc) is 3.08. The molecule has 1 amide bonds. The van der Waals surface area contributed by atoms with Gasteiger partial charge in [0.25, 0.3) is 11.7 Å². The highest BCUT2D eigenvalue weighted by Gasteiger charge is 2.47. The molecule has 0 radical (unpaired) electrons. The van der Waals surface area contributed by atoms with Crippen molar-refractivity contribution in [2.75, 3.05) is 12.0 Å². The van der Waals surface area contributed by atoms with Crippen LogP contribution in [0.2, 0.25) is 5.02 Å². The van der Waals surface area contributed by atoms with Crippen molar-refractivity contribution in [1.82, 2.24) is 0 Å². The summed E-state index contributed by atoms with van der Waals surface area (Å²) in [5.74, 6) is -1.17. The zero-order valence-electron chi connectivity index (χ0n) is 20.4. The van der Waals surface area contributed by atoms with Crippen molar-refractivity contribution in [3.05, 3.63) is 99.6 Å². The highest BCUT2D eigenvalue weighted by Crippen LogP contribution is 2.44. The number of methoxy groups -OCH3 is 1. The first-order valence-electron chi connectivity index (χ1n) is 11.3. The molecule has 1 unspecified atom stereocenters. The summed E-state index contributed by atoms with van der Waals surface area (Å²) in [6, 6.07) is 18.9. The van der Waals surface area contributed by atoms with Gasteiger partial charge in [0.2, 0.25) is 0 Å². The van der Waals surface area contributed by atoms with Crippen LogP contribution in [0.25, 0.3) is 5.76 Å². The summed E-state index contributed by atoms with van der Waals surface area (Å²) < 4.78 is 5.28. The molecule has 180 valence electrons. The molecular weight excluding hydrogens is 462 g/mol. The number of amides is 1. The van der Waals surface area contributed by atoms with Crippen LogP contribution in [-0.4, -0.2) is 23.9 Å². The Hall–Kier alpha value is -3.57. The number of Topliss-reactive ketones (excluding diaryl/α,β-unsaturated/α-hetero) is 1. The van der Waals surface area contributed by atoms with Crippen molar-refractivity contribution < 1.29 is 19.4 Å². The molecule has 0 saturated carbocycles. The third kappa shape index (κ3) is 4.56. The van der Waals surface area contributed by atoms with E-state index in [2.05, 4.69) is 20.8 Å². The smallest absolute Gasteiger partial charge is 0.300 e. The minimum atomic E-state index is -0.810. The molecule has 1 N–H and O–H groups in total. The van der Waals surface area contributed by atoms with E-state index < -0.39 is 17.7 Å². The molecule has 1 aliphatic rings. The molecule has 0 aliphatic carbocycles. The Morgan fingerprint density at radius 3 is 2.29 bits per heavy atom. The number of hydrogen-bond acceptors (Lipinski definition) is 4. The van der Waals surface area contributed by atoms with Gasteiger partial charge in [-0.2, -0.15) is 0 Å². The van der Waals surface area contributed by atoms with Crippen LogP contribution in [0.1, 0.15) is 49.1 Å². The molecule has 6 heteroatoms. The number of hydrogen-bond donors (Lipinski definition) is 1. The van der Waals surface area contributed by atoms with Crippen molar-refractivity contribution in [3.8, 4) is 5.75 Å². The molecule has 1 heterocycles. The lowest BCUT2D eigenvalue weighted by Crippen LogP contribution is -2.30. The maximum absolute atomic E-state index is 13.4. The van der Waals surface area contributed by atoms with E-state index in [4.69, 9.17) is 16.3 Å². The van der Waals surface area contributed by atoms with Crippen molar-refractivity contribution in [2.24, 2.45) is 0 Å². The SMILES string of the molecule is COc1cccc(/C(O)=C2\C(=O)C(=O)N(c3ccc(Cl)cc3C)C2c2ccc(C(C)(C)C)cc2)c1. The fraction of sp³-hybridized carbons (Fsp3) is 0.241. The summed E-state index contributed by atoms with van der Waals surface area (Å²) in [4.78, 5) is 28.2.